The molecule has 1 aromatic carbocycles. The monoisotopic (exact) mass is 306 g/mol. The number of hydrogen-bond donors (Lipinski definition) is 1. The average Bonchev–Trinajstić information content (AvgIpc) is 2.88. The molecule has 6 heteroatoms. The maximum Gasteiger partial charge on any atom is 0.174 e. The summed E-state index contributed by atoms with van der Waals surface area (Å²) in [7, 11) is 1.65. The Hall–Kier alpha value is -1.55. The highest BCUT2D eigenvalue weighted by Crippen LogP contribution is 2.30. The molecule has 0 radical (unpaired) electrons. The third-order valence-corrected chi connectivity index (χ3v) is 4.47. The van der Waals surface area contributed by atoms with Crippen molar-refractivity contribution in [2.45, 2.75) is 17.0 Å². The van der Waals surface area contributed by atoms with Crippen LogP contribution in [-0.2, 0) is 5.75 Å². The van der Waals surface area contributed by atoms with E-state index in [9.17, 15) is 0 Å². The minimum atomic E-state index is -0.139. The van der Waals surface area contributed by atoms with Gasteiger partial charge in [-0.3, -0.25) is 0 Å². The lowest BCUT2D eigenvalue weighted by atomic mass is 10.1. The van der Waals surface area contributed by atoms with Gasteiger partial charge < -0.3 is 9.84 Å². The topological polar surface area (TPSA) is 55.2 Å². The molecule has 20 heavy (non-hydrogen) atoms. The Morgan fingerprint density at radius 1 is 1.40 bits per heavy atom. The van der Waals surface area contributed by atoms with Gasteiger partial charge in [0.05, 0.1) is 7.11 Å². The number of methoxy groups -OCH3 is 1. The van der Waals surface area contributed by atoms with E-state index in [0.717, 1.165) is 32.0 Å². The van der Waals surface area contributed by atoms with Crippen molar-refractivity contribution in [1.82, 2.24) is 10.2 Å². The van der Waals surface area contributed by atoms with Gasteiger partial charge in [0.1, 0.15) is 17.4 Å². The number of ether oxygens (including phenoxy) is 1. The molecule has 0 saturated heterocycles. The predicted molar refractivity (Wildman–Crippen MR) is 81.2 cm³/mol. The van der Waals surface area contributed by atoms with Crippen LogP contribution in [-0.4, -0.2) is 29.0 Å². The van der Waals surface area contributed by atoms with Gasteiger partial charge in [-0.05, 0) is 25.1 Å². The SMILES string of the molecule is COc1ccc(C#CCO)cc1CSc1nnc(C)s1. The Morgan fingerprint density at radius 3 is 2.90 bits per heavy atom. The van der Waals surface area contributed by atoms with E-state index in [-0.39, 0.29) is 6.61 Å². The lowest BCUT2D eigenvalue weighted by Crippen LogP contribution is -1.91. The number of hydrogen-bond acceptors (Lipinski definition) is 6. The van der Waals surface area contributed by atoms with Crippen molar-refractivity contribution in [2.75, 3.05) is 13.7 Å². The fourth-order valence-electron chi connectivity index (χ4n) is 1.59. The summed E-state index contributed by atoms with van der Waals surface area (Å²) in [5, 5.41) is 17.8. The highest BCUT2D eigenvalue weighted by molar-refractivity contribution is 8.00. The molecule has 1 heterocycles. The predicted octanol–water partition coefficient (Wildman–Crippen LogP) is 2.49. The molecule has 2 aromatic rings. The lowest BCUT2D eigenvalue weighted by Gasteiger charge is -2.07. The summed E-state index contributed by atoms with van der Waals surface area (Å²) < 4.78 is 6.30. The Morgan fingerprint density at radius 2 is 2.25 bits per heavy atom. The van der Waals surface area contributed by atoms with Crippen molar-refractivity contribution in [2.24, 2.45) is 0 Å². The minimum absolute atomic E-state index is 0.139. The van der Waals surface area contributed by atoms with E-state index in [0.29, 0.717) is 0 Å². The zero-order chi connectivity index (χ0) is 14.4. The van der Waals surface area contributed by atoms with E-state index in [1.54, 1.807) is 30.2 Å². The molecule has 0 atom stereocenters. The summed E-state index contributed by atoms with van der Waals surface area (Å²) in [6.07, 6.45) is 0. The standard InChI is InChI=1S/C14H14N2O2S2/c1-10-15-16-14(20-10)19-9-12-8-11(4-3-7-17)5-6-13(12)18-2/h5-6,8,17H,7,9H2,1-2H3. The molecule has 0 spiro atoms. The molecule has 104 valence electrons. The summed E-state index contributed by atoms with van der Waals surface area (Å²) in [4.78, 5) is 0. The summed E-state index contributed by atoms with van der Waals surface area (Å²) in [6.45, 7) is 1.80. The van der Waals surface area contributed by atoms with Crippen LogP contribution in [0.5, 0.6) is 5.75 Å². The fourth-order valence-corrected chi connectivity index (χ4v) is 3.38. The van der Waals surface area contributed by atoms with E-state index in [1.165, 1.54) is 0 Å². The molecule has 0 bridgehead atoms. The largest absolute Gasteiger partial charge is 0.496 e. The van der Waals surface area contributed by atoms with E-state index in [2.05, 4.69) is 22.0 Å². The van der Waals surface area contributed by atoms with Crippen molar-refractivity contribution >= 4 is 23.1 Å². The molecule has 0 fully saturated rings. The number of nitrogens with zero attached hydrogens (tertiary/aromatic N) is 2. The molecule has 1 N–H and O–H groups in total. The number of aryl methyl sites for hydroxylation is 1. The van der Waals surface area contributed by atoms with Crippen molar-refractivity contribution in [3.8, 4) is 17.6 Å². The molecule has 0 aliphatic heterocycles. The van der Waals surface area contributed by atoms with E-state index in [4.69, 9.17) is 9.84 Å². The zero-order valence-electron chi connectivity index (χ0n) is 11.2. The van der Waals surface area contributed by atoms with Crippen LogP contribution in [0.4, 0.5) is 0 Å². The zero-order valence-corrected chi connectivity index (χ0v) is 12.8. The molecule has 1 aromatic heterocycles. The Kier molecular flexibility index (Phi) is 5.41. The van der Waals surface area contributed by atoms with Gasteiger partial charge in [-0.1, -0.05) is 34.9 Å². The van der Waals surface area contributed by atoms with Crippen LogP contribution in [0.25, 0.3) is 0 Å². The Bertz CT molecular complexity index is 644. The van der Waals surface area contributed by atoms with Crippen LogP contribution in [0, 0.1) is 18.8 Å². The smallest absolute Gasteiger partial charge is 0.174 e. The maximum atomic E-state index is 8.74. The van der Waals surface area contributed by atoms with Crippen LogP contribution in [0.15, 0.2) is 22.5 Å². The molecular formula is C14H14N2O2S2. The third kappa shape index (κ3) is 3.97. The first-order valence-corrected chi connectivity index (χ1v) is 7.72. The fraction of sp³-hybridized carbons (Fsp3) is 0.286. The Balaban J connectivity index is 2.15. The van der Waals surface area contributed by atoms with Gasteiger partial charge in [-0.15, -0.1) is 10.2 Å². The second kappa shape index (κ2) is 7.29. The van der Waals surface area contributed by atoms with Gasteiger partial charge in [0.25, 0.3) is 0 Å². The van der Waals surface area contributed by atoms with Gasteiger partial charge in [-0.2, -0.15) is 0 Å². The quantitative estimate of drug-likeness (QED) is 0.695. The highest BCUT2D eigenvalue weighted by atomic mass is 32.2. The Labute approximate surface area is 126 Å². The lowest BCUT2D eigenvalue weighted by molar-refractivity contribution is 0.350. The van der Waals surface area contributed by atoms with Crippen molar-refractivity contribution < 1.29 is 9.84 Å². The molecule has 0 aliphatic rings. The van der Waals surface area contributed by atoms with Crippen LogP contribution in [0.2, 0.25) is 0 Å². The number of benzene rings is 1. The summed E-state index contributed by atoms with van der Waals surface area (Å²) in [6, 6.07) is 5.75. The highest BCUT2D eigenvalue weighted by Gasteiger charge is 2.07. The van der Waals surface area contributed by atoms with Crippen molar-refractivity contribution in [3.63, 3.8) is 0 Å². The normalized spacial score (nSPS) is 9.95. The molecule has 0 aliphatic carbocycles. The van der Waals surface area contributed by atoms with E-state index < -0.39 is 0 Å². The molecule has 0 unspecified atom stereocenters. The second-order valence-corrected chi connectivity index (χ2v) is 6.27. The molecule has 2 rings (SSSR count). The number of aromatic nitrogens is 2. The minimum Gasteiger partial charge on any atom is -0.496 e. The van der Waals surface area contributed by atoms with Gasteiger partial charge in [-0.25, -0.2) is 0 Å². The molecule has 0 saturated carbocycles. The first kappa shape index (κ1) is 14.9. The van der Waals surface area contributed by atoms with Gasteiger partial charge in [0, 0.05) is 16.9 Å². The van der Waals surface area contributed by atoms with Gasteiger partial charge in [0.2, 0.25) is 0 Å². The summed E-state index contributed by atoms with van der Waals surface area (Å²) in [5.74, 6) is 7.11. The van der Waals surface area contributed by atoms with Gasteiger partial charge in [0.15, 0.2) is 4.34 Å². The van der Waals surface area contributed by atoms with Crippen LogP contribution in [0.3, 0.4) is 0 Å². The molecule has 4 nitrogen and oxygen atoms in total. The number of aliphatic hydroxyl groups is 1. The first-order valence-electron chi connectivity index (χ1n) is 5.92. The van der Waals surface area contributed by atoms with Crippen molar-refractivity contribution in [1.29, 1.82) is 0 Å². The van der Waals surface area contributed by atoms with Crippen molar-refractivity contribution in [3.05, 3.63) is 34.3 Å². The first-order chi connectivity index (χ1) is 9.72. The number of aliphatic hydroxyl groups excluding tert-OH is 1. The third-order valence-electron chi connectivity index (χ3n) is 2.45. The van der Waals surface area contributed by atoms with Crippen LogP contribution in [0.1, 0.15) is 16.1 Å². The van der Waals surface area contributed by atoms with Crippen LogP contribution >= 0.6 is 23.1 Å². The number of thioether (sulfide) groups is 1. The average molecular weight is 306 g/mol. The maximum absolute atomic E-state index is 8.74. The summed E-state index contributed by atoms with van der Waals surface area (Å²) in [5.41, 5.74) is 1.92. The molecular weight excluding hydrogens is 292 g/mol. The van der Waals surface area contributed by atoms with Crippen LogP contribution < -0.4 is 4.74 Å². The van der Waals surface area contributed by atoms with E-state index >= 15 is 0 Å². The van der Waals surface area contributed by atoms with Gasteiger partial charge >= 0.3 is 0 Å². The number of rotatable bonds is 4. The summed E-state index contributed by atoms with van der Waals surface area (Å²) >= 11 is 3.20. The van der Waals surface area contributed by atoms with E-state index in [1.807, 2.05) is 25.1 Å². The second-order valence-electron chi connectivity index (χ2n) is 3.86. The molecule has 0 amide bonds.